The summed E-state index contributed by atoms with van der Waals surface area (Å²) in [6.45, 7) is 5.32. The van der Waals surface area contributed by atoms with Crippen LogP contribution in [0, 0.1) is 0 Å². The van der Waals surface area contributed by atoms with E-state index in [9.17, 15) is 0 Å². The maximum Gasteiger partial charge on any atom is 0.0378 e. The summed E-state index contributed by atoms with van der Waals surface area (Å²) in [6, 6.07) is 2.35. The first-order valence-electron chi connectivity index (χ1n) is 5.77. The van der Waals surface area contributed by atoms with Crippen LogP contribution in [0.3, 0.4) is 0 Å². The van der Waals surface area contributed by atoms with Gasteiger partial charge < -0.3 is 11.1 Å². The van der Waals surface area contributed by atoms with Gasteiger partial charge in [0.1, 0.15) is 0 Å². The Bertz CT molecular complexity index is 304. The Morgan fingerprint density at radius 3 is 2.94 bits per heavy atom. The highest BCUT2D eigenvalue weighted by molar-refractivity contribution is 7.99. The van der Waals surface area contributed by atoms with Gasteiger partial charge in [-0.3, -0.25) is 4.98 Å². The van der Waals surface area contributed by atoms with Gasteiger partial charge in [-0.25, -0.2) is 0 Å². The van der Waals surface area contributed by atoms with Crippen molar-refractivity contribution in [2.75, 3.05) is 23.8 Å². The Balaban J connectivity index is 2.56. The number of nitrogens with two attached hydrogens (primary N) is 1. The summed E-state index contributed by atoms with van der Waals surface area (Å²) in [5.41, 5.74) is 7.91. The van der Waals surface area contributed by atoms with Gasteiger partial charge in [-0.2, -0.15) is 11.8 Å². The molecular formula is C12H21N3S. The molecule has 0 saturated carbocycles. The van der Waals surface area contributed by atoms with Gasteiger partial charge in [0.25, 0.3) is 0 Å². The molecule has 4 heteroatoms. The molecular weight excluding hydrogens is 218 g/mol. The van der Waals surface area contributed by atoms with Crippen molar-refractivity contribution in [2.24, 2.45) is 0 Å². The Labute approximate surface area is 102 Å². The van der Waals surface area contributed by atoms with Crippen LogP contribution < -0.4 is 11.1 Å². The molecule has 0 aliphatic heterocycles. The molecule has 16 heavy (non-hydrogen) atoms. The minimum Gasteiger partial charge on any atom is -0.398 e. The van der Waals surface area contributed by atoms with Crippen LogP contribution in [0.5, 0.6) is 0 Å². The van der Waals surface area contributed by atoms with Crippen molar-refractivity contribution in [3.05, 3.63) is 24.0 Å². The van der Waals surface area contributed by atoms with Gasteiger partial charge in [0.15, 0.2) is 0 Å². The number of hydrogen-bond acceptors (Lipinski definition) is 4. The first-order valence-corrected chi connectivity index (χ1v) is 6.92. The Morgan fingerprint density at radius 1 is 1.50 bits per heavy atom. The van der Waals surface area contributed by atoms with E-state index in [2.05, 4.69) is 24.1 Å². The molecule has 0 saturated heterocycles. The first-order chi connectivity index (χ1) is 7.77. The van der Waals surface area contributed by atoms with Crippen LogP contribution in [0.2, 0.25) is 0 Å². The second-order valence-electron chi connectivity index (χ2n) is 3.69. The highest BCUT2D eigenvalue weighted by atomic mass is 32.2. The molecule has 0 spiro atoms. The number of nitrogens with zero attached hydrogens (tertiary/aromatic N) is 1. The van der Waals surface area contributed by atoms with Gasteiger partial charge >= 0.3 is 0 Å². The Hall–Kier alpha value is -0.740. The third kappa shape index (κ3) is 4.41. The van der Waals surface area contributed by atoms with E-state index in [0.717, 1.165) is 35.7 Å². The van der Waals surface area contributed by atoms with Gasteiger partial charge in [-0.05, 0) is 30.3 Å². The number of likely N-dealkylation sites (N-methyl/N-ethyl adjacent to an activating group) is 1. The standard InChI is InChI=1S/C12H21N3S/c1-3-15-11(9-16-4-2)7-10-8-14-6-5-12(10)13/h5-6,8,11,15H,3-4,7,9H2,1-2H3,(H2,13,14). The smallest absolute Gasteiger partial charge is 0.0378 e. The molecule has 3 N–H and O–H groups in total. The summed E-state index contributed by atoms with van der Waals surface area (Å²) in [6.07, 6.45) is 4.57. The number of hydrogen-bond donors (Lipinski definition) is 2. The second kappa shape index (κ2) is 7.52. The van der Waals surface area contributed by atoms with Crippen LogP contribution in [0.1, 0.15) is 19.4 Å². The lowest BCUT2D eigenvalue weighted by Crippen LogP contribution is -2.33. The fourth-order valence-electron chi connectivity index (χ4n) is 1.61. The van der Waals surface area contributed by atoms with E-state index >= 15 is 0 Å². The highest BCUT2D eigenvalue weighted by Crippen LogP contribution is 2.13. The summed E-state index contributed by atoms with van der Waals surface area (Å²) in [7, 11) is 0. The van der Waals surface area contributed by atoms with Crippen LogP contribution in [-0.2, 0) is 6.42 Å². The molecule has 0 fully saturated rings. The number of pyridine rings is 1. The average molecular weight is 239 g/mol. The quantitative estimate of drug-likeness (QED) is 0.763. The van der Waals surface area contributed by atoms with Gasteiger partial charge in [-0.1, -0.05) is 13.8 Å². The van der Waals surface area contributed by atoms with E-state index in [-0.39, 0.29) is 0 Å². The van der Waals surface area contributed by atoms with Crippen molar-refractivity contribution < 1.29 is 0 Å². The maximum atomic E-state index is 5.92. The highest BCUT2D eigenvalue weighted by Gasteiger charge is 2.10. The van der Waals surface area contributed by atoms with Crippen molar-refractivity contribution in [3.8, 4) is 0 Å². The molecule has 0 amide bonds. The summed E-state index contributed by atoms with van der Waals surface area (Å²) >= 11 is 1.96. The van der Waals surface area contributed by atoms with Crippen LogP contribution in [0.15, 0.2) is 18.5 Å². The zero-order valence-corrected chi connectivity index (χ0v) is 10.9. The van der Waals surface area contributed by atoms with E-state index in [4.69, 9.17) is 5.73 Å². The van der Waals surface area contributed by atoms with Crippen molar-refractivity contribution in [2.45, 2.75) is 26.3 Å². The van der Waals surface area contributed by atoms with Crippen molar-refractivity contribution >= 4 is 17.4 Å². The number of nitrogen functional groups attached to an aromatic ring is 1. The molecule has 0 aliphatic rings. The van der Waals surface area contributed by atoms with Crippen molar-refractivity contribution in [1.29, 1.82) is 0 Å². The van der Waals surface area contributed by atoms with Gasteiger partial charge in [0, 0.05) is 29.9 Å². The number of rotatable bonds is 7. The van der Waals surface area contributed by atoms with Crippen LogP contribution in [0.4, 0.5) is 5.69 Å². The molecule has 0 aromatic carbocycles. The minimum atomic E-state index is 0.487. The fourth-order valence-corrected chi connectivity index (χ4v) is 2.37. The van der Waals surface area contributed by atoms with Crippen LogP contribution in [-0.4, -0.2) is 29.1 Å². The fraction of sp³-hybridized carbons (Fsp3) is 0.583. The molecule has 1 rings (SSSR count). The third-order valence-electron chi connectivity index (χ3n) is 2.42. The molecule has 0 radical (unpaired) electrons. The molecule has 1 aromatic heterocycles. The SMILES string of the molecule is CCNC(CSCC)Cc1cnccc1N. The number of anilines is 1. The lowest BCUT2D eigenvalue weighted by molar-refractivity contribution is 0.572. The van der Waals surface area contributed by atoms with Gasteiger partial charge in [0.2, 0.25) is 0 Å². The van der Waals surface area contributed by atoms with Crippen LogP contribution >= 0.6 is 11.8 Å². The minimum absolute atomic E-state index is 0.487. The zero-order chi connectivity index (χ0) is 11.8. The van der Waals surface area contributed by atoms with E-state index < -0.39 is 0 Å². The molecule has 1 unspecified atom stereocenters. The predicted molar refractivity (Wildman–Crippen MR) is 72.8 cm³/mol. The summed E-state index contributed by atoms with van der Waals surface area (Å²) in [5, 5.41) is 3.49. The molecule has 1 heterocycles. The Kier molecular flexibility index (Phi) is 6.26. The largest absolute Gasteiger partial charge is 0.398 e. The number of aromatic nitrogens is 1. The summed E-state index contributed by atoms with van der Waals surface area (Å²) in [5.74, 6) is 2.28. The summed E-state index contributed by atoms with van der Waals surface area (Å²) in [4.78, 5) is 4.12. The van der Waals surface area contributed by atoms with E-state index in [0.29, 0.717) is 6.04 Å². The predicted octanol–water partition coefficient (Wildman–Crippen LogP) is 1.94. The molecule has 90 valence electrons. The lowest BCUT2D eigenvalue weighted by Gasteiger charge is -2.17. The van der Waals surface area contributed by atoms with Gasteiger partial charge in [0.05, 0.1) is 0 Å². The average Bonchev–Trinajstić information content (AvgIpc) is 2.29. The zero-order valence-electron chi connectivity index (χ0n) is 10.1. The van der Waals surface area contributed by atoms with Crippen molar-refractivity contribution in [3.63, 3.8) is 0 Å². The lowest BCUT2D eigenvalue weighted by atomic mass is 10.1. The topological polar surface area (TPSA) is 50.9 Å². The first kappa shape index (κ1) is 13.3. The Morgan fingerprint density at radius 2 is 2.31 bits per heavy atom. The molecule has 1 atom stereocenters. The maximum absolute atomic E-state index is 5.92. The third-order valence-corrected chi connectivity index (χ3v) is 3.47. The number of nitrogens with one attached hydrogen (secondary N) is 1. The monoisotopic (exact) mass is 239 g/mol. The normalized spacial score (nSPS) is 12.6. The van der Waals surface area contributed by atoms with Gasteiger partial charge in [-0.15, -0.1) is 0 Å². The molecule has 3 nitrogen and oxygen atoms in total. The van der Waals surface area contributed by atoms with Crippen LogP contribution in [0.25, 0.3) is 0 Å². The van der Waals surface area contributed by atoms with E-state index in [1.165, 1.54) is 0 Å². The van der Waals surface area contributed by atoms with E-state index in [1.54, 1.807) is 6.20 Å². The molecule has 0 bridgehead atoms. The number of thioether (sulfide) groups is 1. The van der Waals surface area contributed by atoms with Crippen molar-refractivity contribution in [1.82, 2.24) is 10.3 Å². The second-order valence-corrected chi connectivity index (χ2v) is 5.01. The summed E-state index contributed by atoms with van der Waals surface area (Å²) < 4.78 is 0. The van der Waals surface area contributed by atoms with E-state index in [1.807, 2.05) is 24.0 Å². The molecule has 1 aromatic rings. The molecule has 0 aliphatic carbocycles.